The van der Waals surface area contributed by atoms with E-state index in [1.807, 2.05) is 0 Å². The average molecular weight is 625 g/mol. The molecule has 0 radical (unpaired) electrons. The fourth-order valence-electron chi connectivity index (χ4n) is 6.98. The van der Waals surface area contributed by atoms with Gasteiger partial charge in [-0.3, -0.25) is 9.80 Å². The Morgan fingerprint density at radius 1 is 0.652 bits per heavy atom. The largest absolute Gasteiger partial charge is 0.487 e. The molecule has 1 unspecified atom stereocenters. The summed E-state index contributed by atoms with van der Waals surface area (Å²) in [5.74, 6) is 3.41. The lowest BCUT2D eigenvalue weighted by atomic mass is 9.97. The van der Waals surface area contributed by atoms with Crippen LogP contribution in [0.4, 0.5) is 0 Å². The van der Waals surface area contributed by atoms with Crippen LogP contribution in [0.25, 0.3) is 44.3 Å². The second-order valence-corrected chi connectivity index (χ2v) is 12.5. The van der Waals surface area contributed by atoms with E-state index in [1.165, 1.54) is 12.8 Å². The molecule has 0 spiro atoms. The smallest absolute Gasteiger partial charge is 0.169 e. The van der Waals surface area contributed by atoms with Gasteiger partial charge in [0.2, 0.25) is 0 Å². The second-order valence-electron chi connectivity index (χ2n) is 12.5. The quantitative estimate of drug-likeness (QED) is 0.155. The van der Waals surface area contributed by atoms with Gasteiger partial charge >= 0.3 is 0 Å². The highest BCUT2D eigenvalue weighted by molar-refractivity contribution is 5.90. The molecule has 3 aromatic carbocycles. The van der Waals surface area contributed by atoms with Gasteiger partial charge in [-0.1, -0.05) is 12.1 Å². The van der Waals surface area contributed by atoms with Crippen molar-refractivity contribution in [2.24, 2.45) is 0 Å². The minimum absolute atomic E-state index is 0.325. The molecule has 10 heteroatoms. The van der Waals surface area contributed by atoms with Crippen molar-refractivity contribution >= 4 is 22.1 Å². The lowest BCUT2D eigenvalue weighted by molar-refractivity contribution is 0.133. The number of hydrogen-bond acceptors (Lipinski definition) is 8. The highest BCUT2D eigenvalue weighted by atomic mass is 16.5. The third kappa shape index (κ3) is 5.98. The van der Waals surface area contributed by atoms with Crippen LogP contribution in [0, 0.1) is 0 Å². The van der Waals surface area contributed by atoms with Crippen LogP contribution < -0.4 is 9.47 Å². The monoisotopic (exact) mass is 624 g/mol. The highest BCUT2D eigenvalue weighted by Gasteiger charge is 2.27. The van der Waals surface area contributed by atoms with Gasteiger partial charge < -0.3 is 28.9 Å². The maximum Gasteiger partial charge on any atom is 0.169 e. The molecule has 2 aliphatic heterocycles. The molecule has 4 heterocycles. The standard InChI is InChI=1S/C36H44N6O4/c1-41-15-5-7-31(41)35-37-27-13-9-23(21-29(27)39-35)25-11-12-26(34(46-20-18-44-4)33(25)45-19-17-43-3)24-10-14-28-30(22-24)40-36(38-28)32-8-6-16-42(32)2/h9-14,21-22,31-32H,5-8,15-20H2,1-4H3,(H,37,39)(H,38,40)/t31-,32?/m0/s1. The Labute approximate surface area is 270 Å². The molecule has 2 saturated heterocycles. The van der Waals surface area contributed by atoms with E-state index in [2.05, 4.69) is 82.4 Å². The molecule has 2 fully saturated rings. The van der Waals surface area contributed by atoms with Gasteiger partial charge in [-0.25, -0.2) is 9.97 Å². The highest BCUT2D eigenvalue weighted by Crippen LogP contribution is 2.46. The van der Waals surface area contributed by atoms with E-state index in [4.69, 9.17) is 28.9 Å². The minimum atomic E-state index is 0.325. The molecule has 10 nitrogen and oxygen atoms in total. The molecular formula is C36H44N6O4. The van der Waals surface area contributed by atoms with Crippen LogP contribution in [-0.2, 0) is 9.47 Å². The molecule has 0 saturated carbocycles. The van der Waals surface area contributed by atoms with Crippen molar-refractivity contribution < 1.29 is 18.9 Å². The Kier molecular flexibility index (Phi) is 8.95. The van der Waals surface area contributed by atoms with E-state index in [9.17, 15) is 0 Å². The number of nitrogens with one attached hydrogen (secondary N) is 2. The maximum absolute atomic E-state index is 6.49. The first kappa shape index (κ1) is 30.7. The Hall–Kier alpha value is -3.96. The molecule has 2 aromatic heterocycles. The van der Waals surface area contributed by atoms with Crippen molar-refractivity contribution in [3.8, 4) is 33.8 Å². The predicted octanol–water partition coefficient (Wildman–Crippen LogP) is 6.36. The lowest BCUT2D eigenvalue weighted by Gasteiger charge is -2.20. The van der Waals surface area contributed by atoms with Gasteiger partial charge in [-0.15, -0.1) is 0 Å². The van der Waals surface area contributed by atoms with Crippen LogP contribution in [-0.4, -0.2) is 97.6 Å². The van der Waals surface area contributed by atoms with E-state index >= 15 is 0 Å². The number of ether oxygens (including phenoxy) is 4. The number of methoxy groups -OCH3 is 2. The second kappa shape index (κ2) is 13.4. The predicted molar refractivity (Wildman–Crippen MR) is 181 cm³/mol. The molecule has 7 rings (SSSR count). The zero-order chi connectivity index (χ0) is 31.6. The summed E-state index contributed by atoms with van der Waals surface area (Å²) in [6, 6.07) is 17.6. The molecule has 2 atom stereocenters. The topological polar surface area (TPSA) is 101 Å². The van der Waals surface area contributed by atoms with Crippen molar-refractivity contribution in [3.05, 3.63) is 60.2 Å². The number of rotatable bonds is 12. The summed E-state index contributed by atoms with van der Waals surface area (Å²) in [5, 5.41) is 0. The molecular weight excluding hydrogens is 580 g/mol. The normalized spacial score (nSPS) is 19.1. The first-order valence-electron chi connectivity index (χ1n) is 16.3. The number of fused-ring (bicyclic) bond motifs is 2. The number of aromatic amines is 2. The molecule has 2 N–H and O–H groups in total. The van der Waals surface area contributed by atoms with Crippen LogP contribution in [0.1, 0.15) is 49.4 Å². The summed E-state index contributed by atoms with van der Waals surface area (Å²) in [7, 11) is 7.70. The van der Waals surface area contributed by atoms with Gasteiger partial charge in [0.15, 0.2) is 11.5 Å². The number of H-pyrrole nitrogens is 2. The molecule has 0 amide bonds. The van der Waals surface area contributed by atoms with Gasteiger partial charge in [-0.2, -0.15) is 0 Å². The van der Waals surface area contributed by atoms with E-state index in [1.54, 1.807) is 14.2 Å². The Morgan fingerprint density at radius 2 is 1.11 bits per heavy atom. The van der Waals surface area contributed by atoms with Gasteiger partial charge in [-0.05, 0) is 100 Å². The zero-order valence-electron chi connectivity index (χ0n) is 27.3. The third-order valence-corrected chi connectivity index (χ3v) is 9.47. The molecule has 0 bridgehead atoms. The molecule has 5 aromatic rings. The molecule has 2 aliphatic rings. The third-order valence-electron chi connectivity index (χ3n) is 9.47. The van der Waals surface area contributed by atoms with Crippen molar-refractivity contribution in [2.45, 2.75) is 37.8 Å². The number of imidazole rings is 2. The number of benzene rings is 3. The number of nitrogens with zero attached hydrogens (tertiary/aromatic N) is 4. The summed E-state index contributed by atoms with van der Waals surface area (Å²) >= 11 is 0. The van der Waals surface area contributed by atoms with Gasteiger partial charge in [0.1, 0.15) is 24.9 Å². The van der Waals surface area contributed by atoms with Crippen LogP contribution in [0.2, 0.25) is 0 Å². The van der Waals surface area contributed by atoms with Gasteiger partial charge in [0, 0.05) is 25.3 Å². The van der Waals surface area contributed by atoms with Gasteiger partial charge in [0.25, 0.3) is 0 Å². The Bertz CT molecular complexity index is 1680. The van der Waals surface area contributed by atoms with E-state index in [0.717, 1.165) is 81.9 Å². The summed E-state index contributed by atoms with van der Waals surface area (Å²) < 4.78 is 23.7. The summed E-state index contributed by atoms with van der Waals surface area (Å²) in [6.07, 6.45) is 4.62. The molecule has 0 aliphatic carbocycles. The van der Waals surface area contributed by atoms with Crippen LogP contribution in [0.15, 0.2) is 48.5 Å². The Morgan fingerprint density at radius 3 is 1.50 bits per heavy atom. The fourth-order valence-corrected chi connectivity index (χ4v) is 6.98. The van der Waals surface area contributed by atoms with Gasteiger partial charge in [0.05, 0.1) is 47.4 Å². The fraction of sp³-hybridized carbons (Fsp3) is 0.444. The number of likely N-dealkylation sites (tertiary alicyclic amines) is 2. The Balaban J connectivity index is 1.30. The SMILES string of the molecule is COCCOc1c(-c2ccc3nc(C4CCCN4C)[nH]c3c2)ccc(-c2ccc3nc([C@@H]4CCCN4C)[nH]c3c2)c1OCCOC. The first-order chi connectivity index (χ1) is 22.5. The van der Waals surface area contributed by atoms with Crippen LogP contribution in [0.3, 0.4) is 0 Å². The average Bonchev–Trinajstić information content (AvgIpc) is 3.87. The van der Waals surface area contributed by atoms with Crippen LogP contribution in [0.5, 0.6) is 11.5 Å². The maximum atomic E-state index is 6.49. The molecule has 46 heavy (non-hydrogen) atoms. The van der Waals surface area contributed by atoms with E-state index < -0.39 is 0 Å². The summed E-state index contributed by atoms with van der Waals surface area (Å²) in [5.41, 5.74) is 7.87. The van der Waals surface area contributed by atoms with Crippen molar-refractivity contribution in [2.75, 3.05) is 67.8 Å². The summed E-state index contributed by atoms with van der Waals surface area (Å²) in [6.45, 7) is 3.88. The first-order valence-corrected chi connectivity index (χ1v) is 16.3. The van der Waals surface area contributed by atoms with E-state index in [0.29, 0.717) is 50.0 Å². The van der Waals surface area contributed by atoms with Crippen molar-refractivity contribution in [1.82, 2.24) is 29.7 Å². The van der Waals surface area contributed by atoms with Crippen molar-refractivity contribution in [3.63, 3.8) is 0 Å². The molecule has 242 valence electrons. The number of hydrogen-bond donors (Lipinski definition) is 2. The van der Waals surface area contributed by atoms with Crippen molar-refractivity contribution in [1.29, 1.82) is 0 Å². The lowest BCUT2D eigenvalue weighted by Crippen LogP contribution is -2.18. The van der Waals surface area contributed by atoms with Crippen LogP contribution >= 0.6 is 0 Å². The summed E-state index contributed by atoms with van der Waals surface area (Å²) in [4.78, 5) is 21.9. The van der Waals surface area contributed by atoms with E-state index in [-0.39, 0.29) is 0 Å². The number of aromatic nitrogens is 4. The minimum Gasteiger partial charge on any atom is -0.487 e. The zero-order valence-corrected chi connectivity index (χ0v) is 27.3.